The number of halogens is 2. The zero-order chi connectivity index (χ0) is 22.9. The Labute approximate surface area is 185 Å². The van der Waals surface area contributed by atoms with Crippen molar-refractivity contribution in [3.05, 3.63) is 59.6 Å². The van der Waals surface area contributed by atoms with Gasteiger partial charge in [0.05, 0.1) is 0 Å². The van der Waals surface area contributed by atoms with Crippen LogP contribution in [0.1, 0.15) is 36.8 Å². The summed E-state index contributed by atoms with van der Waals surface area (Å²) in [4.78, 5) is 25.6. The van der Waals surface area contributed by atoms with Crippen LogP contribution in [-0.4, -0.2) is 46.7 Å². The standard InChI is InChI=1S/C22H27F2N7O/c1-2-26-22(32)30-21-19(23)16(6-11-28-21)14-31-12-7-15(8-13-31)17-4-5-18(29-20(17)24)27-10-3-9-25/h3-6,9-11,15H,2,7-8,12-14,25H2,1H3,(H2,26,28,30,32)/b9-3-,27-10?. The lowest BCUT2D eigenvalue weighted by Crippen LogP contribution is -2.33. The molecule has 0 atom stereocenters. The van der Waals surface area contributed by atoms with Crippen molar-refractivity contribution in [1.29, 1.82) is 0 Å². The molecule has 4 N–H and O–H groups in total. The van der Waals surface area contributed by atoms with E-state index in [0.717, 1.165) is 12.8 Å². The second kappa shape index (κ2) is 11.3. The SMILES string of the molecule is CCNC(=O)Nc1nccc(CN2CCC(c3ccc(N=C/C=C\N)nc3F)CC2)c1F. The third-order valence-corrected chi connectivity index (χ3v) is 5.23. The van der Waals surface area contributed by atoms with Crippen LogP contribution < -0.4 is 16.4 Å². The number of amides is 2. The number of urea groups is 1. The molecule has 0 radical (unpaired) electrons. The quantitative estimate of drug-likeness (QED) is 0.449. The van der Waals surface area contributed by atoms with Gasteiger partial charge in [0.25, 0.3) is 0 Å². The van der Waals surface area contributed by atoms with Gasteiger partial charge in [0.15, 0.2) is 17.5 Å². The Bertz CT molecular complexity index is 988. The van der Waals surface area contributed by atoms with Crippen molar-refractivity contribution in [2.24, 2.45) is 10.7 Å². The van der Waals surface area contributed by atoms with Gasteiger partial charge < -0.3 is 11.1 Å². The molecule has 170 valence electrons. The number of piperidine rings is 1. The lowest BCUT2D eigenvalue weighted by Gasteiger charge is -2.32. The highest BCUT2D eigenvalue weighted by atomic mass is 19.1. The highest BCUT2D eigenvalue weighted by Crippen LogP contribution is 2.31. The van der Waals surface area contributed by atoms with E-state index in [1.54, 1.807) is 25.1 Å². The summed E-state index contributed by atoms with van der Waals surface area (Å²) in [5, 5.41) is 4.97. The zero-order valence-electron chi connectivity index (χ0n) is 17.9. The number of aliphatic imine (C=N–C) groups is 1. The maximum absolute atomic E-state index is 14.8. The van der Waals surface area contributed by atoms with E-state index in [2.05, 4.69) is 30.5 Å². The Hall–Kier alpha value is -3.40. The maximum atomic E-state index is 14.8. The van der Waals surface area contributed by atoms with Crippen molar-refractivity contribution in [3.63, 3.8) is 0 Å². The molecule has 0 unspecified atom stereocenters. The normalized spacial score (nSPS) is 15.5. The summed E-state index contributed by atoms with van der Waals surface area (Å²) < 4.78 is 29.3. The van der Waals surface area contributed by atoms with Crippen molar-refractivity contribution in [2.45, 2.75) is 32.2 Å². The summed E-state index contributed by atoms with van der Waals surface area (Å²) in [5.74, 6) is -0.834. The van der Waals surface area contributed by atoms with Crippen LogP contribution in [0.15, 0.2) is 41.7 Å². The highest BCUT2D eigenvalue weighted by Gasteiger charge is 2.24. The fraction of sp³-hybridized carbons (Fsp3) is 0.364. The zero-order valence-corrected chi connectivity index (χ0v) is 17.9. The van der Waals surface area contributed by atoms with Gasteiger partial charge >= 0.3 is 6.03 Å². The first-order valence-corrected chi connectivity index (χ1v) is 10.5. The summed E-state index contributed by atoms with van der Waals surface area (Å²) >= 11 is 0. The number of carbonyl (C=O) groups excluding carboxylic acids is 1. The third-order valence-electron chi connectivity index (χ3n) is 5.23. The van der Waals surface area contributed by atoms with Gasteiger partial charge in [-0.1, -0.05) is 6.07 Å². The van der Waals surface area contributed by atoms with E-state index in [1.807, 2.05) is 0 Å². The second-order valence-electron chi connectivity index (χ2n) is 7.38. The molecule has 3 heterocycles. The van der Waals surface area contributed by atoms with E-state index in [-0.39, 0.29) is 17.6 Å². The molecule has 0 aromatic carbocycles. The number of likely N-dealkylation sites (tertiary alicyclic amines) is 1. The average Bonchev–Trinajstić information content (AvgIpc) is 2.78. The van der Waals surface area contributed by atoms with Crippen LogP contribution in [0, 0.1) is 11.8 Å². The summed E-state index contributed by atoms with van der Waals surface area (Å²) in [6.07, 6.45) is 7.26. The number of nitrogens with zero attached hydrogens (tertiary/aromatic N) is 4. The van der Waals surface area contributed by atoms with Crippen molar-refractivity contribution >= 4 is 23.9 Å². The van der Waals surface area contributed by atoms with Crippen LogP contribution in [0.3, 0.4) is 0 Å². The van der Waals surface area contributed by atoms with Crippen LogP contribution in [0.4, 0.5) is 25.2 Å². The highest BCUT2D eigenvalue weighted by molar-refractivity contribution is 5.88. The molecular formula is C22H27F2N7O. The first-order chi connectivity index (χ1) is 15.5. The number of rotatable bonds is 7. The smallest absolute Gasteiger partial charge is 0.320 e. The number of anilines is 1. The lowest BCUT2D eigenvalue weighted by atomic mass is 9.90. The first-order valence-electron chi connectivity index (χ1n) is 10.5. The molecule has 10 heteroatoms. The van der Waals surface area contributed by atoms with Gasteiger partial charge in [-0.2, -0.15) is 4.39 Å². The van der Waals surface area contributed by atoms with Gasteiger partial charge in [0.2, 0.25) is 5.95 Å². The topological polar surface area (TPSA) is 109 Å². The van der Waals surface area contributed by atoms with Gasteiger partial charge in [0, 0.05) is 36.6 Å². The van der Waals surface area contributed by atoms with E-state index in [9.17, 15) is 13.6 Å². The van der Waals surface area contributed by atoms with Crippen LogP contribution in [0.25, 0.3) is 0 Å². The van der Waals surface area contributed by atoms with Gasteiger partial charge in [-0.15, -0.1) is 0 Å². The number of hydrogen-bond acceptors (Lipinski definition) is 6. The Morgan fingerprint density at radius 3 is 2.78 bits per heavy atom. The summed E-state index contributed by atoms with van der Waals surface area (Å²) in [5.41, 5.74) is 6.26. The molecule has 1 aliphatic rings. The molecule has 1 aliphatic heterocycles. The largest absolute Gasteiger partial charge is 0.405 e. The Kier molecular flexibility index (Phi) is 8.20. The number of nitrogens with two attached hydrogens (primary N) is 1. The van der Waals surface area contributed by atoms with E-state index in [0.29, 0.717) is 37.3 Å². The van der Waals surface area contributed by atoms with Gasteiger partial charge in [-0.25, -0.2) is 24.1 Å². The van der Waals surface area contributed by atoms with Gasteiger partial charge in [-0.3, -0.25) is 10.2 Å². The molecule has 2 amide bonds. The van der Waals surface area contributed by atoms with E-state index in [1.165, 1.54) is 24.7 Å². The molecular weight excluding hydrogens is 416 g/mol. The lowest BCUT2D eigenvalue weighted by molar-refractivity contribution is 0.200. The average molecular weight is 444 g/mol. The molecule has 3 rings (SSSR count). The van der Waals surface area contributed by atoms with Crippen molar-refractivity contribution in [3.8, 4) is 0 Å². The molecule has 0 bridgehead atoms. The minimum atomic E-state index is -0.545. The second-order valence-corrected chi connectivity index (χ2v) is 7.38. The number of nitrogens with one attached hydrogen (secondary N) is 2. The Morgan fingerprint density at radius 2 is 2.09 bits per heavy atom. The van der Waals surface area contributed by atoms with Gasteiger partial charge in [0.1, 0.15) is 0 Å². The molecule has 0 spiro atoms. The fourth-order valence-electron chi connectivity index (χ4n) is 3.63. The van der Waals surface area contributed by atoms with E-state index >= 15 is 0 Å². The molecule has 32 heavy (non-hydrogen) atoms. The fourth-order valence-corrected chi connectivity index (χ4v) is 3.63. The van der Waals surface area contributed by atoms with Crippen molar-refractivity contribution in [1.82, 2.24) is 20.2 Å². The molecule has 8 nitrogen and oxygen atoms in total. The molecule has 2 aromatic rings. The van der Waals surface area contributed by atoms with E-state index in [4.69, 9.17) is 5.73 Å². The minimum absolute atomic E-state index is 0.0398. The van der Waals surface area contributed by atoms with Crippen LogP contribution in [0.2, 0.25) is 0 Å². The van der Waals surface area contributed by atoms with Gasteiger partial charge in [-0.05, 0) is 63.2 Å². The molecule has 1 saturated heterocycles. The Morgan fingerprint density at radius 1 is 1.31 bits per heavy atom. The molecule has 2 aromatic heterocycles. The molecule has 0 saturated carbocycles. The summed E-state index contributed by atoms with van der Waals surface area (Å²) in [6, 6.07) is 4.51. The molecule has 0 aliphatic carbocycles. The number of carbonyl (C=O) groups is 1. The summed E-state index contributed by atoms with van der Waals surface area (Å²) in [6.45, 7) is 3.96. The molecule has 1 fully saturated rings. The Balaban J connectivity index is 1.59. The monoisotopic (exact) mass is 443 g/mol. The van der Waals surface area contributed by atoms with Crippen molar-refractivity contribution < 1.29 is 13.6 Å². The van der Waals surface area contributed by atoms with Crippen molar-refractivity contribution in [2.75, 3.05) is 25.0 Å². The minimum Gasteiger partial charge on any atom is -0.405 e. The number of hydrogen-bond donors (Lipinski definition) is 3. The first kappa shape index (κ1) is 23.3. The third kappa shape index (κ3) is 6.07. The maximum Gasteiger partial charge on any atom is 0.320 e. The predicted octanol–water partition coefficient (Wildman–Crippen LogP) is 3.45. The number of aromatic nitrogens is 2. The van der Waals surface area contributed by atoms with Crippen LogP contribution in [-0.2, 0) is 6.54 Å². The van der Waals surface area contributed by atoms with E-state index < -0.39 is 17.8 Å². The van der Waals surface area contributed by atoms with Crippen LogP contribution >= 0.6 is 0 Å². The number of allylic oxidation sites excluding steroid dienone is 1. The number of pyridine rings is 2. The predicted molar refractivity (Wildman–Crippen MR) is 120 cm³/mol. The van der Waals surface area contributed by atoms with Crippen LogP contribution in [0.5, 0.6) is 0 Å². The summed E-state index contributed by atoms with van der Waals surface area (Å²) in [7, 11) is 0.